The fraction of sp³-hybridized carbons (Fsp3) is 0.118. The van der Waals surface area contributed by atoms with Gasteiger partial charge < -0.3 is 15.0 Å². The summed E-state index contributed by atoms with van der Waals surface area (Å²) in [6.07, 6.45) is 0.574. The van der Waals surface area contributed by atoms with Gasteiger partial charge in [-0.1, -0.05) is 18.2 Å². The number of rotatable bonds is 4. The number of thiophene rings is 1. The maximum Gasteiger partial charge on any atom is 0.341 e. The Labute approximate surface area is 141 Å². The van der Waals surface area contributed by atoms with E-state index in [1.54, 1.807) is 23.7 Å². The van der Waals surface area contributed by atoms with E-state index in [0.717, 1.165) is 10.9 Å². The van der Waals surface area contributed by atoms with Crippen molar-refractivity contribution in [2.24, 2.45) is 0 Å². The molecule has 3 rings (SSSR count). The third-order valence-electron chi connectivity index (χ3n) is 3.48. The molecular formula is C17H13N3O3S. The molecule has 3 aromatic rings. The van der Waals surface area contributed by atoms with Gasteiger partial charge in [-0.25, -0.2) is 4.79 Å². The summed E-state index contributed by atoms with van der Waals surface area (Å²) in [5, 5.41) is 14.4. The lowest BCUT2D eigenvalue weighted by Crippen LogP contribution is -2.29. The second-order valence-electron chi connectivity index (χ2n) is 5.06. The summed E-state index contributed by atoms with van der Waals surface area (Å²) in [6.45, 7) is 1.49. The standard InChI is InChI=1S/C17H13N3O3S/c1-10(15(21)20-16-11(8-18)6-7-24-16)23-17(22)13-9-19-14-5-3-2-4-12(13)14/h2-7,9-10,19H,1H3,(H,20,21)/t10-/m0/s1. The largest absolute Gasteiger partial charge is 0.449 e. The number of anilines is 1. The van der Waals surface area contributed by atoms with Crippen molar-refractivity contribution in [2.75, 3.05) is 5.32 Å². The van der Waals surface area contributed by atoms with E-state index in [1.807, 2.05) is 24.3 Å². The predicted octanol–water partition coefficient (Wildman–Crippen LogP) is 3.29. The Morgan fingerprint density at radius 3 is 2.92 bits per heavy atom. The second-order valence-corrected chi connectivity index (χ2v) is 5.98. The fourth-order valence-electron chi connectivity index (χ4n) is 2.23. The zero-order valence-corrected chi connectivity index (χ0v) is 13.5. The number of carbonyl (C=O) groups is 2. The molecule has 0 bridgehead atoms. The van der Waals surface area contributed by atoms with E-state index in [1.165, 1.54) is 18.3 Å². The normalized spacial score (nSPS) is 11.7. The van der Waals surface area contributed by atoms with E-state index >= 15 is 0 Å². The zero-order valence-electron chi connectivity index (χ0n) is 12.7. The molecule has 1 amide bonds. The van der Waals surface area contributed by atoms with Crippen molar-refractivity contribution in [3.63, 3.8) is 0 Å². The lowest BCUT2D eigenvalue weighted by Gasteiger charge is -2.12. The first-order chi connectivity index (χ1) is 11.6. The summed E-state index contributed by atoms with van der Waals surface area (Å²) >= 11 is 1.24. The van der Waals surface area contributed by atoms with E-state index in [0.29, 0.717) is 16.1 Å². The monoisotopic (exact) mass is 339 g/mol. The van der Waals surface area contributed by atoms with Gasteiger partial charge in [-0.2, -0.15) is 5.26 Å². The van der Waals surface area contributed by atoms with Gasteiger partial charge in [0.1, 0.15) is 11.1 Å². The highest BCUT2D eigenvalue weighted by Crippen LogP contribution is 2.23. The number of carbonyl (C=O) groups excluding carboxylic acids is 2. The molecule has 120 valence electrons. The molecule has 2 N–H and O–H groups in total. The molecule has 2 aromatic heterocycles. The molecule has 0 aliphatic rings. The van der Waals surface area contributed by atoms with Crippen LogP contribution in [-0.2, 0) is 9.53 Å². The molecule has 7 heteroatoms. The fourth-order valence-corrected chi connectivity index (χ4v) is 2.97. The number of fused-ring (bicyclic) bond motifs is 1. The summed E-state index contributed by atoms with van der Waals surface area (Å²) in [4.78, 5) is 27.4. The minimum atomic E-state index is -0.986. The van der Waals surface area contributed by atoms with Crippen LogP contribution < -0.4 is 5.32 Å². The Hall–Kier alpha value is -3.11. The molecule has 0 unspecified atom stereocenters. The molecule has 1 atom stereocenters. The van der Waals surface area contributed by atoms with Crippen LogP contribution in [0, 0.1) is 11.3 Å². The number of aromatic amines is 1. The number of hydrogen-bond donors (Lipinski definition) is 2. The highest BCUT2D eigenvalue weighted by Gasteiger charge is 2.22. The zero-order chi connectivity index (χ0) is 17.1. The number of para-hydroxylation sites is 1. The molecule has 0 spiro atoms. The molecule has 0 aliphatic carbocycles. The average molecular weight is 339 g/mol. The Morgan fingerprint density at radius 1 is 1.33 bits per heavy atom. The number of aromatic nitrogens is 1. The molecule has 0 radical (unpaired) electrons. The van der Waals surface area contributed by atoms with Crippen molar-refractivity contribution in [3.8, 4) is 6.07 Å². The van der Waals surface area contributed by atoms with Crippen LogP contribution >= 0.6 is 11.3 Å². The summed E-state index contributed by atoms with van der Waals surface area (Å²) in [7, 11) is 0. The third-order valence-corrected chi connectivity index (χ3v) is 4.31. The molecule has 0 aliphatic heterocycles. The molecule has 2 heterocycles. The minimum absolute atomic E-state index is 0.374. The average Bonchev–Trinajstić information content (AvgIpc) is 3.20. The van der Waals surface area contributed by atoms with E-state index < -0.39 is 18.0 Å². The number of nitrogens with one attached hydrogen (secondary N) is 2. The highest BCUT2D eigenvalue weighted by atomic mass is 32.1. The number of ether oxygens (including phenoxy) is 1. The minimum Gasteiger partial charge on any atom is -0.449 e. The van der Waals surface area contributed by atoms with Crippen LogP contribution in [0.4, 0.5) is 5.00 Å². The maximum atomic E-state index is 12.3. The van der Waals surface area contributed by atoms with Crippen molar-refractivity contribution >= 4 is 39.1 Å². The predicted molar refractivity (Wildman–Crippen MR) is 90.8 cm³/mol. The van der Waals surface area contributed by atoms with Gasteiger partial charge in [0, 0.05) is 17.1 Å². The molecule has 6 nitrogen and oxygen atoms in total. The lowest BCUT2D eigenvalue weighted by molar-refractivity contribution is -0.123. The van der Waals surface area contributed by atoms with Gasteiger partial charge in [-0.15, -0.1) is 11.3 Å². The Balaban J connectivity index is 1.70. The lowest BCUT2D eigenvalue weighted by atomic mass is 10.2. The smallest absolute Gasteiger partial charge is 0.341 e. The van der Waals surface area contributed by atoms with Gasteiger partial charge in [0.25, 0.3) is 5.91 Å². The Bertz CT molecular complexity index is 951. The number of H-pyrrole nitrogens is 1. The summed E-state index contributed by atoms with van der Waals surface area (Å²) in [6, 6.07) is 10.9. The second kappa shape index (κ2) is 6.56. The quantitative estimate of drug-likeness (QED) is 0.713. The van der Waals surface area contributed by atoms with Crippen LogP contribution in [0.1, 0.15) is 22.8 Å². The van der Waals surface area contributed by atoms with Crippen molar-refractivity contribution in [3.05, 3.63) is 53.0 Å². The summed E-state index contributed by atoms with van der Waals surface area (Å²) < 4.78 is 5.24. The van der Waals surface area contributed by atoms with E-state index in [-0.39, 0.29) is 0 Å². The molecule has 1 aromatic carbocycles. The van der Waals surface area contributed by atoms with Crippen molar-refractivity contribution in [1.82, 2.24) is 4.98 Å². The first-order valence-electron chi connectivity index (χ1n) is 7.15. The van der Waals surface area contributed by atoms with E-state index in [2.05, 4.69) is 10.3 Å². The Kier molecular flexibility index (Phi) is 4.31. The Morgan fingerprint density at radius 2 is 2.12 bits per heavy atom. The van der Waals surface area contributed by atoms with Crippen LogP contribution in [-0.4, -0.2) is 23.0 Å². The topological polar surface area (TPSA) is 95.0 Å². The van der Waals surface area contributed by atoms with Crippen LogP contribution in [0.25, 0.3) is 10.9 Å². The van der Waals surface area contributed by atoms with Gasteiger partial charge in [0.2, 0.25) is 0 Å². The van der Waals surface area contributed by atoms with Gasteiger partial charge in [0.05, 0.1) is 11.1 Å². The first kappa shape index (κ1) is 15.8. The van der Waals surface area contributed by atoms with Crippen molar-refractivity contribution in [2.45, 2.75) is 13.0 Å². The van der Waals surface area contributed by atoms with Crippen LogP contribution in [0.5, 0.6) is 0 Å². The number of hydrogen-bond acceptors (Lipinski definition) is 5. The highest BCUT2D eigenvalue weighted by molar-refractivity contribution is 7.14. The third kappa shape index (κ3) is 3.00. The van der Waals surface area contributed by atoms with Gasteiger partial charge in [0.15, 0.2) is 6.10 Å². The van der Waals surface area contributed by atoms with Crippen molar-refractivity contribution < 1.29 is 14.3 Å². The number of benzene rings is 1. The van der Waals surface area contributed by atoms with Gasteiger partial charge in [-0.3, -0.25) is 4.79 Å². The first-order valence-corrected chi connectivity index (χ1v) is 8.03. The van der Waals surface area contributed by atoms with Gasteiger partial charge >= 0.3 is 5.97 Å². The SMILES string of the molecule is C[C@H](OC(=O)c1c[nH]c2ccccc12)C(=O)Nc1sccc1C#N. The van der Waals surface area contributed by atoms with E-state index in [4.69, 9.17) is 10.00 Å². The number of nitriles is 1. The number of esters is 1. The molecule has 0 saturated heterocycles. The summed E-state index contributed by atoms with van der Waals surface area (Å²) in [5.41, 5.74) is 1.57. The van der Waals surface area contributed by atoms with Gasteiger partial charge in [-0.05, 0) is 24.4 Å². The van der Waals surface area contributed by atoms with Crippen LogP contribution in [0.3, 0.4) is 0 Å². The number of amides is 1. The number of nitrogens with zero attached hydrogens (tertiary/aromatic N) is 1. The molecule has 0 fully saturated rings. The summed E-state index contributed by atoms with van der Waals surface area (Å²) in [5.74, 6) is -1.07. The molecular weight excluding hydrogens is 326 g/mol. The molecule has 24 heavy (non-hydrogen) atoms. The van der Waals surface area contributed by atoms with Crippen LogP contribution in [0.15, 0.2) is 41.9 Å². The van der Waals surface area contributed by atoms with Crippen LogP contribution in [0.2, 0.25) is 0 Å². The van der Waals surface area contributed by atoms with Crippen molar-refractivity contribution in [1.29, 1.82) is 5.26 Å². The molecule has 0 saturated carbocycles. The van der Waals surface area contributed by atoms with E-state index in [9.17, 15) is 9.59 Å². The maximum absolute atomic E-state index is 12.3.